The zero-order chi connectivity index (χ0) is 20.1. The number of fused-ring (bicyclic) bond motifs is 3. The van der Waals surface area contributed by atoms with E-state index in [9.17, 15) is 14.4 Å². The largest absolute Gasteiger partial charge is 0.292 e. The van der Waals surface area contributed by atoms with E-state index < -0.39 is 23.9 Å². The molecule has 0 spiro atoms. The lowest BCUT2D eigenvalue weighted by molar-refractivity contribution is -0.123. The first-order valence-corrected chi connectivity index (χ1v) is 9.67. The van der Waals surface area contributed by atoms with Crippen LogP contribution in [0.1, 0.15) is 10.4 Å². The van der Waals surface area contributed by atoms with Crippen LogP contribution in [0.15, 0.2) is 71.9 Å². The van der Waals surface area contributed by atoms with Crippen molar-refractivity contribution < 1.29 is 14.4 Å². The summed E-state index contributed by atoms with van der Waals surface area (Å²) in [6.45, 7) is 0. The molecule has 29 heavy (non-hydrogen) atoms. The predicted octanol–water partition coefficient (Wildman–Crippen LogP) is 2.94. The highest BCUT2D eigenvalue weighted by Crippen LogP contribution is 2.46. The highest BCUT2D eigenvalue weighted by Gasteiger charge is 2.64. The molecular formula is C22H16ClN3O3. The van der Waals surface area contributed by atoms with Crippen molar-refractivity contribution >= 4 is 41.1 Å². The van der Waals surface area contributed by atoms with Gasteiger partial charge >= 0.3 is 0 Å². The van der Waals surface area contributed by atoms with Gasteiger partial charge in [0, 0.05) is 16.8 Å². The Morgan fingerprint density at radius 3 is 2.34 bits per heavy atom. The van der Waals surface area contributed by atoms with Crippen molar-refractivity contribution in [1.82, 2.24) is 5.01 Å². The van der Waals surface area contributed by atoms with Crippen molar-refractivity contribution in [3.63, 3.8) is 0 Å². The van der Waals surface area contributed by atoms with E-state index in [1.807, 2.05) is 12.1 Å². The van der Waals surface area contributed by atoms with Crippen LogP contribution in [0.3, 0.4) is 0 Å². The van der Waals surface area contributed by atoms with E-state index in [1.54, 1.807) is 65.8 Å². The van der Waals surface area contributed by atoms with E-state index in [-0.39, 0.29) is 17.6 Å². The minimum absolute atomic E-state index is 0.213. The summed E-state index contributed by atoms with van der Waals surface area (Å²) in [4.78, 5) is 41.2. The van der Waals surface area contributed by atoms with E-state index in [4.69, 9.17) is 11.6 Å². The summed E-state index contributed by atoms with van der Waals surface area (Å²) in [6.07, 6.45) is 5.16. The van der Waals surface area contributed by atoms with E-state index in [0.29, 0.717) is 16.3 Å². The second kappa shape index (κ2) is 6.67. The third-order valence-electron chi connectivity index (χ3n) is 5.70. The topological polar surface area (TPSA) is 70.0 Å². The normalized spacial score (nSPS) is 27.3. The van der Waals surface area contributed by atoms with Crippen LogP contribution < -0.4 is 4.90 Å². The van der Waals surface area contributed by atoms with E-state index >= 15 is 0 Å². The lowest BCUT2D eigenvalue weighted by atomic mass is 9.86. The molecule has 144 valence electrons. The Morgan fingerprint density at radius 2 is 1.62 bits per heavy atom. The van der Waals surface area contributed by atoms with Crippen LogP contribution >= 0.6 is 11.6 Å². The fourth-order valence-corrected chi connectivity index (χ4v) is 4.58. The van der Waals surface area contributed by atoms with Crippen molar-refractivity contribution in [2.24, 2.45) is 16.9 Å². The van der Waals surface area contributed by atoms with Gasteiger partial charge in [-0.1, -0.05) is 48.0 Å². The number of ketones is 1. The molecule has 0 unspecified atom stereocenters. The number of Topliss-reactive ketones (excluding diaryl/α,β-unsaturated/α-hetero) is 1. The molecule has 0 bridgehead atoms. The van der Waals surface area contributed by atoms with Crippen LogP contribution in [0.25, 0.3) is 0 Å². The number of amides is 2. The zero-order valence-corrected chi connectivity index (χ0v) is 15.9. The van der Waals surface area contributed by atoms with Gasteiger partial charge in [0.15, 0.2) is 5.78 Å². The van der Waals surface area contributed by atoms with Crippen LogP contribution in [0.5, 0.6) is 0 Å². The molecule has 3 heterocycles. The number of rotatable bonds is 3. The maximum absolute atomic E-state index is 13.4. The van der Waals surface area contributed by atoms with Gasteiger partial charge in [-0.25, -0.2) is 4.90 Å². The van der Waals surface area contributed by atoms with Crippen LogP contribution in [0, 0.1) is 11.8 Å². The molecule has 4 atom stereocenters. The number of benzene rings is 2. The second-order valence-corrected chi connectivity index (χ2v) is 7.67. The van der Waals surface area contributed by atoms with Gasteiger partial charge in [-0.15, -0.1) is 0 Å². The number of nitrogens with zero attached hydrogens (tertiary/aromatic N) is 3. The third kappa shape index (κ3) is 2.63. The lowest BCUT2D eigenvalue weighted by Gasteiger charge is -2.30. The van der Waals surface area contributed by atoms with Crippen LogP contribution in [-0.4, -0.2) is 40.9 Å². The monoisotopic (exact) mass is 405 g/mol. The Kier molecular flexibility index (Phi) is 4.10. The molecule has 0 radical (unpaired) electrons. The number of hydrazone groups is 1. The molecule has 0 aromatic heterocycles. The number of carbonyl (C=O) groups is 3. The fraction of sp³-hybridized carbons (Fsp3) is 0.182. The number of halogens is 1. The van der Waals surface area contributed by atoms with Gasteiger partial charge in [-0.2, -0.15) is 5.10 Å². The second-order valence-electron chi connectivity index (χ2n) is 7.24. The minimum atomic E-state index is -0.831. The summed E-state index contributed by atoms with van der Waals surface area (Å²) in [7, 11) is 0. The molecular weight excluding hydrogens is 390 g/mol. The van der Waals surface area contributed by atoms with Crippen molar-refractivity contribution in [1.29, 1.82) is 0 Å². The Bertz CT molecular complexity index is 1060. The van der Waals surface area contributed by atoms with E-state index in [2.05, 4.69) is 5.10 Å². The van der Waals surface area contributed by atoms with Crippen molar-refractivity contribution in [2.75, 3.05) is 4.90 Å². The Labute approximate surface area is 172 Å². The summed E-state index contributed by atoms with van der Waals surface area (Å²) in [5.74, 6) is -2.37. The quantitative estimate of drug-likeness (QED) is 0.581. The molecule has 3 aliphatic rings. The molecule has 2 aromatic rings. The van der Waals surface area contributed by atoms with E-state index in [0.717, 1.165) is 0 Å². The van der Waals surface area contributed by atoms with Crippen molar-refractivity contribution in [3.8, 4) is 0 Å². The first kappa shape index (κ1) is 17.8. The predicted molar refractivity (Wildman–Crippen MR) is 109 cm³/mol. The SMILES string of the molecule is O=C(c1ccccc1)[C@@H]1[C@@H]2C(=O)N(c3ccc(Cl)cc3)C(=O)[C@@H]2[C@H]2C=CC=NN21. The van der Waals surface area contributed by atoms with Gasteiger partial charge in [-0.05, 0) is 30.3 Å². The highest BCUT2D eigenvalue weighted by molar-refractivity contribution is 6.31. The first-order chi connectivity index (χ1) is 14.1. The van der Waals surface area contributed by atoms with Gasteiger partial charge in [0.1, 0.15) is 6.04 Å². The average molecular weight is 406 g/mol. The molecule has 7 heteroatoms. The average Bonchev–Trinajstić information content (AvgIpc) is 3.22. The highest BCUT2D eigenvalue weighted by atomic mass is 35.5. The fourth-order valence-electron chi connectivity index (χ4n) is 4.46. The maximum Gasteiger partial charge on any atom is 0.240 e. The molecule has 2 aromatic carbocycles. The number of carbonyl (C=O) groups excluding carboxylic acids is 3. The molecule has 5 rings (SSSR count). The van der Waals surface area contributed by atoms with E-state index in [1.165, 1.54) is 4.90 Å². The summed E-state index contributed by atoms with van der Waals surface area (Å²) in [5, 5.41) is 6.47. The number of hydrogen-bond donors (Lipinski definition) is 0. The van der Waals surface area contributed by atoms with Crippen molar-refractivity contribution in [3.05, 3.63) is 77.3 Å². The molecule has 2 saturated heterocycles. The lowest BCUT2D eigenvalue weighted by Crippen LogP contribution is -2.46. The van der Waals surface area contributed by atoms with Crippen molar-refractivity contribution in [2.45, 2.75) is 12.1 Å². The summed E-state index contributed by atoms with van der Waals surface area (Å²) < 4.78 is 0. The van der Waals surface area contributed by atoms with Crippen LogP contribution in [-0.2, 0) is 9.59 Å². The minimum Gasteiger partial charge on any atom is -0.292 e. The Hall–Kier alpha value is -3.25. The number of imide groups is 1. The molecule has 0 aliphatic carbocycles. The summed E-state index contributed by atoms with van der Waals surface area (Å²) >= 11 is 5.95. The smallest absolute Gasteiger partial charge is 0.240 e. The van der Waals surface area contributed by atoms with Crippen LogP contribution in [0.4, 0.5) is 5.69 Å². The molecule has 6 nitrogen and oxygen atoms in total. The Balaban J connectivity index is 1.58. The van der Waals surface area contributed by atoms with Gasteiger partial charge in [0.2, 0.25) is 11.8 Å². The summed E-state index contributed by atoms with van der Waals surface area (Å²) in [5.41, 5.74) is 0.950. The zero-order valence-electron chi connectivity index (χ0n) is 15.2. The molecule has 2 amide bonds. The standard InChI is InChI=1S/C22H16ClN3O3/c23-14-8-10-15(11-9-14)25-21(28)17-16-7-4-12-24-26(16)19(18(17)22(25)29)20(27)13-5-2-1-3-6-13/h1-12,16-19H/t16-,17-,18-,19+/m1/s1. The van der Waals surface area contributed by atoms with Gasteiger partial charge < -0.3 is 0 Å². The van der Waals surface area contributed by atoms with Gasteiger partial charge in [0.25, 0.3) is 0 Å². The number of allylic oxidation sites excluding steroid dienone is 1. The third-order valence-corrected chi connectivity index (χ3v) is 5.95. The molecule has 2 fully saturated rings. The first-order valence-electron chi connectivity index (χ1n) is 9.29. The van der Waals surface area contributed by atoms with Gasteiger partial charge in [-0.3, -0.25) is 19.4 Å². The molecule has 0 N–H and O–H groups in total. The number of anilines is 1. The molecule has 3 aliphatic heterocycles. The Morgan fingerprint density at radius 1 is 0.931 bits per heavy atom. The molecule has 0 saturated carbocycles. The summed E-state index contributed by atoms with van der Waals surface area (Å²) in [6, 6.07) is 14.1. The number of hydrogen-bond acceptors (Lipinski definition) is 5. The maximum atomic E-state index is 13.4. The van der Waals surface area contributed by atoms with Gasteiger partial charge in [0.05, 0.1) is 23.6 Å². The van der Waals surface area contributed by atoms with Crippen LogP contribution in [0.2, 0.25) is 5.02 Å².